The molecule has 106 valence electrons. The number of pyridine rings is 1. The molecule has 0 aliphatic rings. The molecule has 0 spiro atoms. The zero-order valence-electron chi connectivity index (χ0n) is 10.6. The van der Waals surface area contributed by atoms with Gasteiger partial charge in [-0.05, 0) is 19.9 Å². The number of anilines is 1. The fourth-order valence-electron chi connectivity index (χ4n) is 1.52. The summed E-state index contributed by atoms with van der Waals surface area (Å²) in [5.74, 6) is -0.936. The van der Waals surface area contributed by atoms with Gasteiger partial charge in [-0.25, -0.2) is 0 Å². The number of carbonyl (C=O) groups excluding carboxylic acids is 1. The van der Waals surface area contributed by atoms with E-state index in [1.807, 2.05) is 0 Å². The molecule has 0 saturated heterocycles. The molecule has 0 bridgehead atoms. The smallest absolute Gasteiger partial charge is 0.338 e. The van der Waals surface area contributed by atoms with Crippen LogP contribution in [0.4, 0.5) is 19.1 Å². The molecule has 0 radical (unpaired) electrons. The molecule has 0 atom stereocenters. The molecule has 2 aromatic rings. The summed E-state index contributed by atoms with van der Waals surface area (Å²) in [4.78, 5) is 15.4. The molecule has 0 aliphatic carbocycles. The Morgan fingerprint density at radius 1 is 1.35 bits per heavy atom. The van der Waals surface area contributed by atoms with Gasteiger partial charge in [0.1, 0.15) is 0 Å². The van der Waals surface area contributed by atoms with Crippen molar-refractivity contribution < 1.29 is 22.5 Å². The number of rotatable bonds is 2. The van der Waals surface area contributed by atoms with Gasteiger partial charge in [0.05, 0.1) is 16.8 Å². The summed E-state index contributed by atoms with van der Waals surface area (Å²) in [5, 5.41) is 5.86. The third-order valence-electron chi connectivity index (χ3n) is 2.76. The summed E-state index contributed by atoms with van der Waals surface area (Å²) in [6.07, 6.45) is -2.80. The topological polar surface area (TPSA) is 68.0 Å². The van der Waals surface area contributed by atoms with Gasteiger partial charge in [-0.15, -0.1) is 0 Å². The Morgan fingerprint density at radius 2 is 2.05 bits per heavy atom. The van der Waals surface area contributed by atoms with E-state index in [-0.39, 0.29) is 5.88 Å². The Kier molecular flexibility index (Phi) is 3.47. The van der Waals surface area contributed by atoms with Crippen molar-refractivity contribution in [1.82, 2.24) is 10.1 Å². The van der Waals surface area contributed by atoms with Crippen LogP contribution in [-0.4, -0.2) is 16.0 Å². The van der Waals surface area contributed by atoms with Crippen molar-refractivity contribution in [3.8, 4) is 0 Å². The van der Waals surface area contributed by atoms with Crippen LogP contribution in [0.25, 0.3) is 0 Å². The van der Waals surface area contributed by atoms with E-state index in [1.54, 1.807) is 13.8 Å². The van der Waals surface area contributed by atoms with Gasteiger partial charge in [-0.2, -0.15) is 13.2 Å². The quantitative estimate of drug-likeness (QED) is 0.921. The van der Waals surface area contributed by atoms with Crippen LogP contribution in [0.5, 0.6) is 0 Å². The summed E-state index contributed by atoms with van der Waals surface area (Å²) in [6, 6.07) is 0.743. The summed E-state index contributed by atoms with van der Waals surface area (Å²) < 4.78 is 43.2. The molecule has 5 nitrogen and oxygen atoms in total. The number of nitrogens with zero attached hydrogens (tertiary/aromatic N) is 2. The molecule has 8 heteroatoms. The number of aryl methyl sites for hydroxylation is 1. The minimum atomic E-state index is -4.64. The van der Waals surface area contributed by atoms with Gasteiger partial charge in [0, 0.05) is 18.0 Å². The van der Waals surface area contributed by atoms with Crippen LogP contribution in [0.3, 0.4) is 0 Å². The molecule has 0 fully saturated rings. The number of aromatic nitrogens is 2. The number of hydrogen-bond donors (Lipinski definition) is 1. The second-order valence-corrected chi connectivity index (χ2v) is 4.10. The lowest BCUT2D eigenvalue weighted by Gasteiger charge is -2.11. The van der Waals surface area contributed by atoms with Crippen LogP contribution in [0.15, 0.2) is 23.0 Å². The van der Waals surface area contributed by atoms with Crippen LogP contribution < -0.4 is 5.32 Å². The fourth-order valence-corrected chi connectivity index (χ4v) is 1.52. The first kappa shape index (κ1) is 14.0. The van der Waals surface area contributed by atoms with Crippen LogP contribution in [0, 0.1) is 13.8 Å². The predicted molar refractivity (Wildman–Crippen MR) is 63.2 cm³/mol. The molecule has 0 aliphatic heterocycles. The molecule has 1 N–H and O–H groups in total. The minimum Gasteiger partial charge on any atom is -0.338 e. The molecule has 2 aromatic heterocycles. The first-order chi connectivity index (χ1) is 9.30. The van der Waals surface area contributed by atoms with Gasteiger partial charge < -0.3 is 4.52 Å². The first-order valence-electron chi connectivity index (χ1n) is 5.56. The number of nitrogens with one attached hydrogen (secondary N) is 1. The van der Waals surface area contributed by atoms with Crippen LogP contribution >= 0.6 is 0 Å². The minimum absolute atomic E-state index is 0.0180. The lowest BCUT2D eigenvalue weighted by atomic mass is 10.1. The first-order valence-corrected chi connectivity index (χ1v) is 5.56. The summed E-state index contributed by atoms with van der Waals surface area (Å²) >= 11 is 0. The van der Waals surface area contributed by atoms with E-state index in [4.69, 9.17) is 4.52 Å². The van der Waals surface area contributed by atoms with E-state index in [1.165, 1.54) is 0 Å². The average Bonchev–Trinajstić information content (AvgIpc) is 2.70. The number of carbonyl (C=O) groups is 1. The summed E-state index contributed by atoms with van der Waals surface area (Å²) in [5.41, 5.74) is -0.536. The summed E-state index contributed by atoms with van der Waals surface area (Å²) in [7, 11) is 0. The normalized spacial score (nSPS) is 11.4. The van der Waals surface area contributed by atoms with Gasteiger partial charge >= 0.3 is 6.18 Å². The molecule has 0 saturated carbocycles. The van der Waals surface area contributed by atoms with E-state index in [0.717, 1.165) is 18.5 Å². The number of hydrogen-bond acceptors (Lipinski definition) is 4. The lowest BCUT2D eigenvalue weighted by Crippen LogP contribution is -2.19. The van der Waals surface area contributed by atoms with E-state index in [2.05, 4.69) is 15.5 Å². The SMILES string of the molecule is Cc1noc(NC(=O)c2cnccc2C(F)(F)F)c1C. The van der Waals surface area contributed by atoms with Gasteiger partial charge in [0.15, 0.2) is 0 Å². The Bertz CT molecular complexity index is 650. The molecule has 20 heavy (non-hydrogen) atoms. The molecule has 1 amide bonds. The standard InChI is InChI=1S/C12H10F3N3O2/c1-6-7(2)18-20-11(6)17-10(19)8-5-16-4-3-9(8)12(13,14)15/h3-5H,1-2H3,(H,17,19). The van der Waals surface area contributed by atoms with Crippen molar-refractivity contribution in [2.75, 3.05) is 5.32 Å². The van der Waals surface area contributed by atoms with E-state index in [9.17, 15) is 18.0 Å². The van der Waals surface area contributed by atoms with Crippen LogP contribution in [0.1, 0.15) is 27.2 Å². The maximum Gasteiger partial charge on any atom is 0.417 e. The molecule has 2 rings (SSSR count). The highest BCUT2D eigenvalue weighted by molar-refractivity contribution is 6.04. The Labute approximate surface area is 111 Å². The van der Waals surface area contributed by atoms with Crippen molar-refractivity contribution in [3.63, 3.8) is 0 Å². The van der Waals surface area contributed by atoms with Gasteiger partial charge in [-0.3, -0.25) is 15.1 Å². The molecular formula is C12H10F3N3O2. The number of amides is 1. The molecule has 0 unspecified atom stereocenters. The summed E-state index contributed by atoms with van der Waals surface area (Å²) in [6.45, 7) is 3.29. The average molecular weight is 285 g/mol. The van der Waals surface area contributed by atoms with Gasteiger partial charge in [0.25, 0.3) is 5.91 Å². The lowest BCUT2D eigenvalue weighted by molar-refractivity contribution is -0.138. The highest BCUT2D eigenvalue weighted by atomic mass is 19.4. The highest BCUT2D eigenvalue weighted by Gasteiger charge is 2.35. The highest BCUT2D eigenvalue weighted by Crippen LogP contribution is 2.32. The Morgan fingerprint density at radius 3 is 2.60 bits per heavy atom. The van der Waals surface area contributed by atoms with Gasteiger partial charge in [0.2, 0.25) is 5.88 Å². The maximum absolute atomic E-state index is 12.8. The predicted octanol–water partition coefficient (Wildman–Crippen LogP) is 2.96. The second kappa shape index (κ2) is 4.95. The molecule has 0 aromatic carbocycles. The number of alkyl halides is 3. The Balaban J connectivity index is 2.33. The largest absolute Gasteiger partial charge is 0.417 e. The van der Waals surface area contributed by atoms with Crippen molar-refractivity contribution in [2.24, 2.45) is 0 Å². The van der Waals surface area contributed by atoms with E-state index in [0.29, 0.717) is 11.3 Å². The fraction of sp³-hybridized carbons (Fsp3) is 0.250. The van der Waals surface area contributed by atoms with E-state index < -0.39 is 23.2 Å². The number of halogens is 3. The van der Waals surface area contributed by atoms with Crippen molar-refractivity contribution in [1.29, 1.82) is 0 Å². The van der Waals surface area contributed by atoms with Crippen molar-refractivity contribution >= 4 is 11.8 Å². The molecular weight excluding hydrogens is 275 g/mol. The monoisotopic (exact) mass is 285 g/mol. The van der Waals surface area contributed by atoms with Crippen LogP contribution in [0.2, 0.25) is 0 Å². The third kappa shape index (κ3) is 2.63. The van der Waals surface area contributed by atoms with E-state index >= 15 is 0 Å². The third-order valence-corrected chi connectivity index (χ3v) is 2.76. The second-order valence-electron chi connectivity index (χ2n) is 4.10. The van der Waals surface area contributed by atoms with Gasteiger partial charge in [-0.1, -0.05) is 5.16 Å². The molecule has 2 heterocycles. The zero-order chi connectivity index (χ0) is 14.9. The van der Waals surface area contributed by atoms with Crippen molar-refractivity contribution in [3.05, 3.63) is 40.8 Å². The van der Waals surface area contributed by atoms with Crippen molar-refractivity contribution in [2.45, 2.75) is 20.0 Å². The van der Waals surface area contributed by atoms with Crippen LogP contribution in [-0.2, 0) is 6.18 Å². The Hall–Kier alpha value is -2.38. The zero-order valence-corrected chi connectivity index (χ0v) is 10.6. The maximum atomic E-state index is 12.8.